The van der Waals surface area contributed by atoms with Crippen LogP contribution < -0.4 is 5.32 Å². The van der Waals surface area contributed by atoms with Crippen LogP contribution in [0.2, 0.25) is 0 Å². The SMILES string of the molecule is COC(=O)COC1CCC[NH2+]C1. The van der Waals surface area contributed by atoms with E-state index in [0.717, 1.165) is 13.0 Å². The number of quaternary nitrogens is 1. The monoisotopic (exact) mass is 174 g/mol. The summed E-state index contributed by atoms with van der Waals surface area (Å²) in [5.74, 6) is -0.291. The van der Waals surface area contributed by atoms with Gasteiger partial charge in [-0.25, -0.2) is 4.79 Å². The predicted octanol–water partition coefficient (Wildman–Crippen LogP) is -1.10. The molecule has 0 bridgehead atoms. The van der Waals surface area contributed by atoms with Crippen molar-refractivity contribution in [2.75, 3.05) is 26.8 Å². The molecule has 1 heterocycles. The molecule has 1 rings (SSSR count). The largest absolute Gasteiger partial charge is 0.467 e. The Morgan fingerprint density at radius 2 is 2.50 bits per heavy atom. The van der Waals surface area contributed by atoms with Gasteiger partial charge in [-0.2, -0.15) is 0 Å². The highest BCUT2D eigenvalue weighted by atomic mass is 16.6. The maximum atomic E-state index is 10.7. The number of hydrogen-bond donors (Lipinski definition) is 1. The number of piperidine rings is 1. The molecule has 1 atom stereocenters. The van der Waals surface area contributed by atoms with Crippen molar-refractivity contribution in [2.45, 2.75) is 18.9 Å². The van der Waals surface area contributed by atoms with Gasteiger partial charge in [0.1, 0.15) is 19.3 Å². The Bertz CT molecular complexity index is 143. The highest BCUT2D eigenvalue weighted by Crippen LogP contribution is 2.01. The van der Waals surface area contributed by atoms with Gasteiger partial charge in [0, 0.05) is 0 Å². The minimum absolute atomic E-state index is 0.0923. The van der Waals surface area contributed by atoms with Crippen molar-refractivity contribution in [1.82, 2.24) is 0 Å². The molecule has 0 spiro atoms. The number of hydrogen-bond acceptors (Lipinski definition) is 3. The molecule has 0 aromatic carbocycles. The van der Waals surface area contributed by atoms with E-state index in [9.17, 15) is 4.79 Å². The molecule has 1 aliphatic rings. The molecule has 1 unspecified atom stereocenters. The van der Waals surface area contributed by atoms with Crippen molar-refractivity contribution >= 4 is 5.97 Å². The van der Waals surface area contributed by atoms with Gasteiger partial charge in [0.05, 0.1) is 13.7 Å². The first-order chi connectivity index (χ1) is 5.83. The minimum Gasteiger partial charge on any atom is -0.467 e. The van der Waals surface area contributed by atoms with E-state index in [1.54, 1.807) is 0 Å². The van der Waals surface area contributed by atoms with Gasteiger partial charge >= 0.3 is 5.97 Å². The fraction of sp³-hybridized carbons (Fsp3) is 0.875. The van der Waals surface area contributed by atoms with E-state index in [2.05, 4.69) is 10.1 Å². The average molecular weight is 174 g/mol. The van der Waals surface area contributed by atoms with Gasteiger partial charge in [0.25, 0.3) is 0 Å². The third-order valence-corrected chi connectivity index (χ3v) is 2.03. The zero-order chi connectivity index (χ0) is 8.81. The molecule has 0 aliphatic carbocycles. The first kappa shape index (κ1) is 9.48. The topological polar surface area (TPSA) is 52.1 Å². The maximum absolute atomic E-state index is 10.7. The Labute approximate surface area is 72.2 Å². The lowest BCUT2D eigenvalue weighted by Gasteiger charge is -2.19. The summed E-state index contributed by atoms with van der Waals surface area (Å²) in [6, 6.07) is 0. The molecule has 1 saturated heterocycles. The number of rotatable bonds is 3. The van der Waals surface area contributed by atoms with E-state index in [1.807, 2.05) is 0 Å². The smallest absolute Gasteiger partial charge is 0.331 e. The van der Waals surface area contributed by atoms with Gasteiger partial charge in [-0.05, 0) is 12.8 Å². The Morgan fingerprint density at radius 3 is 3.08 bits per heavy atom. The molecule has 70 valence electrons. The quantitative estimate of drug-likeness (QED) is 0.553. The van der Waals surface area contributed by atoms with Crippen LogP contribution in [0.4, 0.5) is 0 Å². The van der Waals surface area contributed by atoms with Crippen LogP contribution in [0.5, 0.6) is 0 Å². The molecule has 2 N–H and O–H groups in total. The summed E-state index contributed by atoms with van der Waals surface area (Å²) in [6.45, 7) is 2.24. The molecule has 0 amide bonds. The van der Waals surface area contributed by atoms with Crippen LogP contribution in [0.1, 0.15) is 12.8 Å². The number of carbonyl (C=O) groups is 1. The van der Waals surface area contributed by atoms with Gasteiger partial charge in [-0.15, -0.1) is 0 Å². The Morgan fingerprint density at radius 1 is 1.67 bits per heavy atom. The fourth-order valence-corrected chi connectivity index (χ4v) is 1.31. The van der Waals surface area contributed by atoms with Crippen molar-refractivity contribution in [3.63, 3.8) is 0 Å². The second-order valence-electron chi connectivity index (χ2n) is 2.96. The zero-order valence-electron chi connectivity index (χ0n) is 7.41. The van der Waals surface area contributed by atoms with E-state index in [0.29, 0.717) is 0 Å². The fourth-order valence-electron chi connectivity index (χ4n) is 1.31. The first-order valence-electron chi connectivity index (χ1n) is 4.33. The van der Waals surface area contributed by atoms with Crippen molar-refractivity contribution in [2.24, 2.45) is 0 Å². The molecule has 1 fully saturated rings. The third-order valence-electron chi connectivity index (χ3n) is 2.03. The van der Waals surface area contributed by atoms with Gasteiger partial charge in [-0.3, -0.25) is 0 Å². The number of esters is 1. The lowest BCUT2D eigenvalue weighted by molar-refractivity contribution is -0.669. The Kier molecular flexibility index (Phi) is 4.04. The summed E-state index contributed by atoms with van der Waals surface area (Å²) in [5.41, 5.74) is 0. The molecule has 4 heteroatoms. The van der Waals surface area contributed by atoms with Crippen LogP contribution in [0.25, 0.3) is 0 Å². The first-order valence-corrected chi connectivity index (χ1v) is 4.33. The van der Waals surface area contributed by atoms with E-state index in [1.165, 1.54) is 20.1 Å². The zero-order valence-corrected chi connectivity index (χ0v) is 7.41. The van der Waals surface area contributed by atoms with E-state index in [4.69, 9.17) is 4.74 Å². The summed E-state index contributed by atoms with van der Waals surface area (Å²) in [4.78, 5) is 10.7. The number of methoxy groups -OCH3 is 1. The molecule has 0 aromatic heterocycles. The highest BCUT2D eigenvalue weighted by Gasteiger charge is 2.17. The Hall–Kier alpha value is -0.610. The second kappa shape index (κ2) is 5.11. The number of ether oxygens (including phenoxy) is 2. The standard InChI is InChI=1S/C8H15NO3/c1-11-8(10)6-12-7-3-2-4-9-5-7/h7,9H,2-6H2,1H3/p+1. The van der Waals surface area contributed by atoms with E-state index < -0.39 is 0 Å². The minimum atomic E-state index is -0.291. The van der Waals surface area contributed by atoms with Crippen LogP contribution in [-0.2, 0) is 14.3 Å². The lowest BCUT2D eigenvalue weighted by Crippen LogP contribution is -2.88. The number of carbonyl (C=O) groups excluding carboxylic acids is 1. The van der Waals surface area contributed by atoms with E-state index >= 15 is 0 Å². The lowest BCUT2D eigenvalue weighted by atomic mass is 10.1. The van der Waals surface area contributed by atoms with Crippen molar-refractivity contribution in [3.8, 4) is 0 Å². The summed E-state index contributed by atoms with van der Waals surface area (Å²) in [5, 5.41) is 2.21. The summed E-state index contributed by atoms with van der Waals surface area (Å²) >= 11 is 0. The molecule has 0 aromatic rings. The van der Waals surface area contributed by atoms with Crippen molar-refractivity contribution in [1.29, 1.82) is 0 Å². The molecule has 1 aliphatic heterocycles. The average Bonchev–Trinajstić information content (AvgIpc) is 2.16. The second-order valence-corrected chi connectivity index (χ2v) is 2.96. The van der Waals surface area contributed by atoms with Crippen molar-refractivity contribution in [3.05, 3.63) is 0 Å². The highest BCUT2D eigenvalue weighted by molar-refractivity contribution is 5.70. The Balaban J connectivity index is 2.09. The van der Waals surface area contributed by atoms with Gasteiger partial charge in [0.15, 0.2) is 0 Å². The molecule has 4 nitrogen and oxygen atoms in total. The van der Waals surface area contributed by atoms with Crippen LogP contribution >= 0.6 is 0 Å². The summed E-state index contributed by atoms with van der Waals surface area (Å²) < 4.78 is 9.80. The van der Waals surface area contributed by atoms with Crippen molar-refractivity contribution < 1.29 is 19.6 Å². The number of nitrogens with two attached hydrogens (primary N) is 1. The third kappa shape index (κ3) is 3.19. The van der Waals surface area contributed by atoms with Gasteiger partial charge < -0.3 is 14.8 Å². The molecule has 0 radical (unpaired) electrons. The predicted molar refractivity (Wildman–Crippen MR) is 42.6 cm³/mol. The van der Waals surface area contributed by atoms with E-state index in [-0.39, 0.29) is 18.7 Å². The maximum Gasteiger partial charge on any atom is 0.331 e. The van der Waals surface area contributed by atoms with Crippen LogP contribution in [-0.4, -0.2) is 38.9 Å². The van der Waals surface area contributed by atoms with Crippen LogP contribution in [0, 0.1) is 0 Å². The normalized spacial score (nSPS) is 23.6. The van der Waals surface area contributed by atoms with Gasteiger partial charge in [-0.1, -0.05) is 0 Å². The molecular formula is C8H16NO3+. The van der Waals surface area contributed by atoms with Gasteiger partial charge in [0.2, 0.25) is 0 Å². The molecule has 0 saturated carbocycles. The summed E-state index contributed by atoms with van der Waals surface area (Å²) in [6.07, 6.45) is 2.47. The summed E-state index contributed by atoms with van der Waals surface area (Å²) in [7, 11) is 1.37. The molecular weight excluding hydrogens is 158 g/mol. The van der Waals surface area contributed by atoms with Crippen LogP contribution in [0.3, 0.4) is 0 Å². The van der Waals surface area contributed by atoms with Crippen LogP contribution in [0.15, 0.2) is 0 Å². The molecule has 12 heavy (non-hydrogen) atoms.